The largest absolute Gasteiger partial charge is 0.356 e. The minimum absolute atomic E-state index is 0.0103. The van der Waals surface area contributed by atoms with Crippen LogP contribution < -0.4 is 5.32 Å². The number of nitrogens with zero attached hydrogens (tertiary/aromatic N) is 1. The second-order valence-corrected chi connectivity index (χ2v) is 7.81. The Hall–Kier alpha value is -3.21. The highest BCUT2D eigenvalue weighted by Gasteiger charge is 2.57. The molecule has 0 spiro atoms. The lowest BCUT2D eigenvalue weighted by Crippen LogP contribution is -2.61. The van der Waals surface area contributed by atoms with E-state index in [0.29, 0.717) is 17.7 Å². The van der Waals surface area contributed by atoms with Crippen molar-refractivity contribution in [2.24, 2.45) is 16.8 Å². The van der Waals surface area contributed by atoms with Gasteiger partial charge in [0.1, 0.15) is 5.54 Å². The lowest BCUT2D eigenvalue weighted by molar-refractivity contribution is -0.127. The number of aromatic nitrogens is 1. The Morgan fingerprint density at radius 2 is 1.85 bits per heavy atom. The quantitative estimate of drug-likeness (QED) is 0.649. The van der Waals surface area contributed by atoms with E-state index >= 15 is 0 Å². The van der Waals surface area contributed by atoms with Crippen LogP contribution in [-0.4, -0.2) is 22.4 Å². The van der Waals surface area contributed by atoms with Crippen molar-refractivity contribution in [3.05, 3.63) is 65.4 Å². The number of carbonyl (C=O) groups is 2. The molecule has 1 aliphatic carbocycles. The molecular formula is C22H17N3O2. The molecule has 1 fully saturated rings. The van der Waals surface area contributed by atoms with Crippen molar-refractivity contribution in [1.82, 2.24) is 10.3 Å². The molecule has 3 aliphatic heterocycles. The number of piperidine rings is 1. The third-order valence-corrected chi connectivity index (χ3v) is 6.35. The van der Waals surface area contributed by atoms with Gasteiger partial charge in [-0.2, -0.15) is 0 Å². The van der Waals surface area contributed by atoms with Crippen LogP contribution in [0.2, 0.25) is 0 Å². The monoisotopic (exact) mass is 355 g/mol. The fourth-order valence-electron chi connectivity index (χ4n) is 5.08. The molecule has 4 heterocycles. The van der Waals surface area contributed by atoms with Crippen molar-refractivity contribution in [3.8, 4) is 0 Å². The van der Waals surface area contributed by atoms with E-state index in [9.17, 15) is 9.59 Å². The number of para-hydroxylation sites is 2. The first-order valence-electron chi connectivity index (χ1n) is 9.22. The molecule has 27 heavy (non-hydrogen) atoms. The lowest BCUT2D eigenvalue weighted by Gasteiger charge is -2.42. The van der Waals surface area contributed by atoms with E-state index in [1.165, 1.54) is 0 Å². The molecular weight excluding hydrogens is 338 g/mol. The summed E-state index contributed by atoms with van der Waals surface area (Å²) in [6.07, 6.45) is 0.540. The smallest absolute Gasteiger partial charge is 0.225 e. The third-order valence-electron chi connectivity index (χ3n) is 6.35. The van der Waals surface area contributed by atoms with Crippen LogP contribution in [0.3, 0.4) is 0 Å². The molecule has 5 heteroatoms. The standard InChI is InChI=1S/C22H17N3O2/c1-22-19-13(11-6-2-4-8-15(11)23-19)10-14(21(27)25-22)17-18(26)12-7-3-5-9-16(12)24-20(17)22/h2-9,14,17,23H,10H2,1H3,(H,25,27)/t14?,17?,22-/m1/s1. The molecule has 1 saturated heterocycles. The molecule has 0 saturated carbocycles. The van der Waals surface area contributed by atoms with Crippen molar-refractivity contribution in [2.75, 3.05) is 0 Å². The van der Waals surface area contributed by atoms with Crippen molar-refractivity contribution in [2.45, 2.75) is 18.9 Å². The van der Waals surface area contributed by atoms with E-state index in [2.05, 4.69) is 16.4 Å². The van der Waals surface area contributed by atoms with Crippen LogP contribution in [0.4, 0.5) is 5.69 Å². The average Bonchev–Trinajstić information content (AvgIpc) is 2.96. The van der Waals surface area contributed by atoms with Crippen molar-refractivity contribution >= 4 is 34.0 Å². The summed E-state index contributed by atoms with van der Waals surface area (Å²) in [6.45, 7) is 1.97. The van der Waals surface area contributed by atoms with Gasteiger partial charge < -0.3 is 10.3 Å². The highest BCUT2D eigenvalue weighted by Crippen LogP contribution is 2.47. The molecule has 132 valence electrons. The van der Waals surface area contributed by atoms with Crippen molar-refractivity contribution in [3.63, 3.8) is 0 Å². The van der Waals surface area contributed by atoms with Gasteiger partial charge in [-0.05, 0) is 37.1 Å². The van der Waals surface area contributed by atoms with Gasteiger partial charge in [0.05, 0.1) is 28.9 Å². The molecule has 1 aromatic heterocycles. The Balaban J connectivity index is 1.69. The zero-order chi connectivity index (χ0) is 18.3. The van der Waals surface area contributed by atoms with Gasteiger partial charge in [-0.1, -0.05) is 30.3 Å². The number of aliphatic imine (C=N–C) groups is 1. The Bertz CT molecular complexity index is 1210. The van der Waals surface area contributed by atoms with Gasteiger partial charge in [-0.15, -0.1) is 0 Å². The number of benzene rings is 2. The van der Waals surface area contributed by atoms with Crippen LogP contribution >= 0.6 is 0 Å². The van der Waals surface area contributed by atoms with Gasteiger partial charge in [-0.3, -0.25) is 14.6 Å². The number of aromatic amines is 1. The molecule has 2 aromatic carbocycles. The number of fused-ring (bicyclic) bond motifs is 3. The molecule has 5 nitrogen and oxygen atoms in total. The summed E-state index contributed by atoms with van der Waals surface area (Å²) in [5, 5.41) is 4.28. The van der Waals surface area contributed by atoms with E-state index < -0.39 is 17.4 Å². The normalized spacial score (nSPS) is 28.1. The molecule has 2 unspecified atom stereocenters. The highest BCUT2D eigenvalue weighted by atomic mass is 16.2. The summed E-state index contributed by atoms with van der Waals surface area (Å²) in [5.74, 6) is -0.990. The predicted molar refractivity (Wildman–Crippen MR) is 102 cm³/mol. The maximum Gasteiger partial charge on any atom is 0.225 e. The van der Waals surface area contributed by atoms with E-state index in [4.69, 9.17) is 4.99 Å². The molecule has 3 aromatic rings. The fourth-order valence-corrected chi connectivity index (χ4v) is 5.08. The third kappa shape index (κ3) is 1.71. The number of H-pyrrole nitrogens is 1. The van der Waals surface area contributed by atoms with Crippen LogP contribution in [-0.2, 0) is 16.8 Å². The summed E-state index contributed by atoms with van der Waals surface area (Å²) in [4.78, 5) is 34.7. The first-order valence-corrected chi connectivity index (χ1v) is 9.22. The second kappa shape index (κ2) is 4.74. The maximum absolute atomic E-state index is 13.3. The number of Topliss-reactive ketones (excluding diaryl/α,β-unsaturated/α-hetero) is 1. The number of amides is 1. The van der Waals surface area contributed by atoms with Crippen molar-refractivity contribution in [1.29, 1.82) is 0 Å². The SMILES string of the molecule is C[C@@]12NC(=O)C(Cc3c1[nH]c1ccccc31)C1C(=O)c3ccccc3N=C12. The molecule has 0 radical (unpaired) electrons. The fraction of sp³-hybridized carbons (Fsp3) is 0.227. The summed E-state index contributed by atoms with van der Waals surface area (Å²) in [7, 11) is 0. The minimum Gasteiger partial charge on any atom is -0.356 e. The number of hydrogen-bond acceptors (Lipinski definition) is 3. The summed E-state index contributed by atoms with van der Waals surface area (Å²) < 4.78 is 0. The Morgan fingerprint density at radius 1 is 1.07 bits per heavy atom. The van der Waals surface area contributed by atoms with Crippen LogP contribution in [0.25, 0.3) is 10.9 Å². The number of ketones is 1. The molecule has 2 N–H and O–H groups in total. The Morgan fingerprint density at radius 3 is 2.74 bits per heavy atom. The summed E-state index contributed by atoms with van der Waals surface area (Å²) in [5.41, 5.74) is 4.36. The zero-order valence-electron chi connectivity index (χ0n) is 14.7. The van der Waals surface area contributed by atoms with Gasteiger partial charge in [0, 0.05) is 16.5 Å². The molecule has 4 aliphatic rings. The molecule has 2 bridgehead atoms. The van der Waals surface area contributed by atoms with Gasteiger partial charge in [-0.25, -0.2) is 0 Å². The van der Waals surface area contributed by atoms with Crippen LogP contribution in [0.5, 0.6) is 0 Å². The van der Waals surface area contributed by atoms with Crippen LogP contribution in [0, 0.1) is 11.8 Å². The number of nitrogens with one attached hydrogen (secondary N) is 2. The molecule has 3 atom stereocenters. The van der Waals surface area contributed by atoms with Crippen LogP contribution in [0.1, 0.15) is 28.5 Å². The van der Waals surface area contributed by atoms with E-state index in [1.54, 1.807) is 0 Å². The first kappa shape index (κ1) is 14.9. The van der Waals surface area contributed by atoms with Crippen LogP contribution in [0.15, 0.2) is 53.5 Å². The van der Waals surface area contributed by atoms with Gasteiger partial charge in [0.15, 0.2) is 5.78 Å². The zero-order valence-corrected chi connectivity index (χ0v) is 14.7. The number of rotatable bonds is 0. The lowest BCUT2D eigenvalue weighted by atomic mass is 9.70. The highest BCUT2D eigenvalue weighted by molar-refractivity contribution is 6.24. The summed E-state index contributed by atoms with van der Waals surface area (Å²) in [6, 6.07) is 15.5. The Labute approximate surface area is 155 Å². The average molecular weight is 355 g/mol. The molecule has 7 rings (SSSR count). The molecule has 1 amide bonds. The van der Waals surface area contributed by atoms with Gasteiger partial charge >= 0.3 is 0 Å². The number of carbonyl (C=O) groups excluding carboxylic acids is 2. The minimum atomic E-state index is -0.813. The van der Waals surface area contributed by atoms with Gasteiger partial charge in [0.2, 0.25) is 5.91 Å². The van der Waals surface area contributed by atoms with E-state index in [-0.39, 0.29) is 11.7 Å². The van der Waals surface area contributed by atoms with E-state index in [0.717, 1.165) is 27.9 Å². The summed E-state index contributed by atoms with van der Waals surface area (Å²) >= 11 is 0. The predicted octanol–water partition coefficient (Wildman–Crippen LogP) is 3.27. The number of hydrogen-bond donors (Lipinski definition) is 2. The topological polar surface area (TPSA) is 74.3 Å². The second-order valence-electron chi connectivity index (χ2n) is 7.81. The van der Waals surface area contributed by atoms with E-state index in [1.807, 2.05) is 49.4 Å². The van der Waals surface area contributed by atoms with Gasteiger partial charge in [0.25, 0.3) is 0 Å². The van der Waals surface area contributed by atoms with Crippen molar-refractivity contribution < 1.29 is 9.59 Å². The Kier molecular flexibility index (Phi) is 2.62. The first-order chi connectivity index (χ1) is 13.1. The maximum atomic E-state index is 13.3.